The molecule has 0 spiro atoms. The minimum atomic E-state index is -0.112. The van der Waals surface area contributed by atoms with Gasteiger partial charge in [0, 0.05) is 24.8 Å². The maximum atomic E-state index is 12.1. The number of hydrogen-bond acceptors (Lipinski definition) is 4. The lowest BCUT2D eigenvalue weighted by molar-refractivity contribution is -0.124. The summed E-state index contributed by atoms with van der Waals surface area (Å²) in [4.78, 5) is 26.3. The van der Waals surface area contributed by atoms with Crippen LogP contribution in [0.15, 0.2) is 60.7 Å². The first-order chi connectivity index (χ1) is 13.2. The van der Waals surface area contributed by atoms with E-state index in [0.717, 1.165) is 31.6 Å². The van der Waals surface area contributed by atoms with Gasteiger partial charge in [-0.25, -0.2) is 0 Å². The predicted octanol–water partition coefficient (Wildman–Crippen LogP) is 2.28. The SMILES string of the molecule is O=C(CN1CCC(NC(=O)COc2ccccc2)CC1)Nc1ccccc1. The number of carbonyl (C=O) groups is 2. The van der Waals surface area contributed by atoms with Crippen LogP contribution in [0.25, 0.3) is 0 Å². The van der Waals surface area contributed by atoms with Crippen molar-refractivity contribution in [2.75, 3.05) is 31.6 Å². The monoisotopic (exact) mass is 367 g/mol. The number of para-hydroxylation sites is 2. The normalized spacial score (nSPS) is 15.1. The molecule has 142 valence electrons. The third-order valence-corrected chi connectivity index (χ3v) is 4.49. The molecule has 0 radical (unpaired) electrons. The summed E-state index contributed by atoms with van der Waals surface area (Å²) in [5.41, 5.74) is 0.808. The summed E-state index contributed by atoms with van der Waals surface area (Å²) >= 11 is 0. The highest BCUT2D eigenvalue weighted by Gasteiger charge is 2.22. The first-order valence-electron chi connectivity index (χ1n) is 9.23. The van der Waals surface area contributed by atoms with E-state index in [0.29, 0.717) is 12.3 Å². The standard InChI is InChI=1S/C21H25N3O3/c25-20(22-17-7-3-1-4-8-17)15-24-13-11-18(12-14-24)23-21(26)16-27-19-9-5-2-6-10-19/h1-10,18H,11-16H2,(H,22,25)(H,23,26). The summed E-state index contributed by atoms with van der Waals surface area (Å²) in [6.07, 6.45) is 1.66. The van der Waals surface area contributed by atoms with Gasteiger partial charge in [0.15, 0.2) is 6.61 Å². The van der Waals surface area contributed by atoms with Gasteiger partial charge < -0.3 is 15.4 Å². The Balaban J connectivity index is 1.33. The van der Waals surface area contributed by atoms with E-state index in [2.05, 4.69) is 15.5 Å². The molecule has 2 N–H and O–H groups in total. The van der Waals surface area contributed by atoms with E-state index in [1.807, 2.05) is 60.7 Å². The number of nitrogens with one attached hydrogen (secondary N) is 2. The Hall–Kier alpha value is -2.86. The van der Waals surface area contributed by atoms with Crippen LogP contribution >= 0.6 is 0 Å². The van der Waals surface area contributed by atoms with E-state index in [1.54, 1.807) is 0 Å². The zero-order chi connectivity index (χ0) is 18.9. The highest BCUT2D eigenvalue weighted by atomic mass is 16.5. The van der Waals surface area contributed by atoms with E-state index >= 15 is 0 Å². The molecule has 0 saturated carbocycles. The average molecular weight is 367 g/mol. The second kappa shape index (κ2) is 9.73. The molecule has 0 aromatic heterocycles. The van der Waals surface area contributed by atoms with E-state index in [4.69, 9.17) is 4.74 Å². The van der Waals surface area contributed by atoms with Gasteiger partial charge in [0.1, 0.15) is 5.75 Å². The van der Waals surface area contributed by atoms with Gasteiger partial charge in [-0.2, -0.15) is 0 Å². The smallest absolute Gasteiger partial charge is 0.258 e. The lowest BCUT2D eigenvalue weighted by Crippen LogP contribution is -2.47. The Morgan fingerprint density at radius 3 is 2.22 bits per heavy atom. The number of rotatable bonds is 7. The fourth-order valence-electron chi connectivity index (χ4n) is 3.10. The Kier molecular flexibility index (Phi) is 6.82. The van der Waals surface area contributed by atoms with Crippen LogP contribution in [0.2, 0.25) is 0 Å². The summed E-state index contributed by atoms with van der Waals surface area (Å²) in [7, 11) is 0. The Morgan fingerprint density at radius 2 is 1.56 bits per heavy atom. The van der Waals surface area contributed by atoms with E-state index in [-0.39, 0.29) is 24.5 Å². The summed E-state index contributed by atoms with van der Waals surface area (Å²) in [5.74, 6) is 0.561. The molecule has 27 heavy (non-hydrogen) atoms. The van der Waals surface area contributed by atoms with Crippen molar-refractivity contribution < 1.29 is 14.3 Å². The number of hydrogen-bond donors (Lipinski definition) is 2. The molecular formula is C21H25N3O3. The van der Waals surface area contributed by atoms with E-state index in [9.17, 15) is 9.59 Å². The zero-order valence-corrected chi connectivity index (χ0v) is 15.3. The lowest BCUT2D eigenvalue weighted by atomic mass is 10.1. The number of piperidine rings is 1. The minimum absolute atomic E-state index is 0.0139. The minimum Gasteiger partial charge on any atom is -0.484 e. The fraction of sp³-hybridized carbons (Fsp3) is 0.333. The van der Waals surface area contributed by atoms with Crippen molar-refractivity contribution in [2.45, 2.75) is 18.9 Å². The predicted molar refractivity (Wildman–Crippen MR) is 105 cm³/mol. The number of benzene rings is 2. The first-order valence-corrected chi connectivity index (χ1v) is 9.23. The van der Waals surface area contributed by atoms with Gasteiger partial charge in [0.2, 0.25) is 5.91 Å². The van der Waals surface area contributed by atoms with Gasteiger partial charge in [-0.05, 0) is 37.1 Å². The van der Waals surface area contributed by atoms with Crippen LogP contribution in [0.5, 0.6) is 5.75 Å². The third kappa shape index (κ3) is 6.42. The number of carbonyl (C=O) groups excluding carboxylic acids is 2. The fourth-order valence-corrected chi connectivity index (χ4v) is 3.10. The van der Waals surface area contributed by atoms with Crippen LogP contribution in [0.4, 0.5) is 5.69 Å². The quantitative estimate of drug-likeness (QED) is 0.788. The highest BCUT2D eigenvalue weighted by molar-refractivity contribution is 5.92. The van der Waals surface area contributed by atoms with E-state index < -0.39 is 0 Å². The summed E-state index contributed by atoms with van der Waals surface area (Å²) < 4.78 is 5.46. The molecule has 6 heteroatoms. The zero-order valence-electron chi connectivity index (χ0n) is 15.3. The molecule has 0 aliphatic carbocycles. The van der Waals surface area contributed by atoms with Gasteiger partial charge in [0.05, 0.1) is 6.54 Å². The number of ether oxygens (including phenoxy) is 1. The molecule has 0 atom stereocenters. The van der Waals surface area contributed by atoms with Crippen molar-refractivity contribution in [2.24, 2.45) is 0 Å². The van der Waals surface area contributed by atoms with Crippen LogP contribution in [0.3, 0.4) is 0 Å². The molecule has 2 aromatic carbocycles. The molecule has 1 heterocycles. The molecule has 1 aliphatic heterocycles. The molecule has 1 fully saturated rings. The van der Waals surface area contributed by atoms with Crippen LogP contribution in [-0.2, 0) is 9.59 Å². The van der Waals surface area contributed by atoms with Crippen LogP contribution in [0, 0.1) is 0 Å². The number of amides is 2. The largest absolute Gasteiger partial charge is 0.484 e. The molecular weight excluding hydrogens is 342 g/mol. The molecule has 0 bridgehead atoms. The second-order valence-electron chi connectivity index (χ2n) is 6.63. The number of likely N-dealkylation sites (tertiary alicyclic amines) is 1. The third-order valence-electron chi connectivity index (χ3n) is 4.49. The molecule has 2 aromatic rings. The molecule has 1 aliphatic rings. The molecule has 2 amide bonds. The van der Waals surface area contributed by atoms with Crippen molar-refractivity contribution >= 4 is 17.5 Å². The second-order valence-corrected chi connectivity index (χ2v) is 6.63. The van der Waals surface area contributed by atoms with Crippen LogP contribution < -0.4 is 15.4 Å². The summed E-state index contributed by atoms with van der Waals surface area (Å²) in [6, 6.07) is 18.9. The number of anilines is 1. The lowest BCUT2D eigenvalue weighted by Gasteiger charge is -2.31. The van der Waals surface area contributed by atoms with Crippen molar-refractivity contribution in [3.8, 4) is 5.75 Å². The van der Waals surface area contributed by atoms with Gasteiger partial charge >= 0.3 is 0 Å². The van der Waals surface area contributed by atoms with E-state index in [1.165, 1.54) is 0 Å². The average Bonchev–Trinajstić information content (AvgIpc) is 2.69. The summed E-state index contributed by atoms with van der Waals surface area (Å²) in [5, 5.41) is 5.91. The molecule has 6 nitrogen and oxygen atoms in total. The maximum Gasteiger partial charge on any atom is 0.258 e. The number of nitrogens with zero attached hydrogens (tertiary/aromatic N) is 1. The van der Waals surface area contributed by atoms with Gasteiger partial charge in [0.25, 0.3) is 5.91 Å². The van der Waals surface area contributed by atoms with Crippen molar-refractivity contribution in [1.29, 1.82) is 0 Å². The van der Waals surface area contributed by atoms with Gasteiger partial charge in [-0.1, -0.05) is 36.4 Å². The topological polar surface area (TPSA) is 70.7 Å². The molecule has 1 saturated heterocycles. The summed E-state index contributed by atoms with van der Waals surface area (Å²) in [6.45, 7) is 1.95. The molecule has 0 unspecified atom stereocenters. The Morgan fingerprint density at radius 1 is 0.926 bits per heavy atom. The van der Waals surface area contributed by atoms with Crippen molar-refractivity contribution in [1.82, 2.24) is 10.2 Å². The van der Waals surface area contributed by atoms with Crippen LogP contribution in [-0.4, -0.2) is 49.0 Å². The van der Waals surface area contributed by atoms with Crippen molar-refractivity contribution in [3.63, 3.8) is 0 Å². The van der Waals surface area contributed by atoms with Gasteiger partial charge in [-0.15, -0.1) is 0 Å². The maximum absolute atomic E-state index is 12.1. The van der Waals surface area contributed by atoms with Crippen molar-refractivity contribution in [3.05, 3.63) is 60.7 Å². The Bertz CT molecular complexity index is 729. The van der Waals surface area contributed by atoms with Crippen LogP contribution in [0.1, 0.15) is 12.8 Å². The first kappa shape index (κ1) is 18.9. The molecule has 3 rings (SSSR count). The van der Waals surface area contributed by atoms with Gasteiger partial charge in [-0.3, -0.25) is 14.5 Å². The highest BCUT2D eigenvalue weighted by Crippen LogP contribution is 2.12. The Labute approximate surface area is 159 Å².